The van der Waals surface area contributed by atoms with Crippen LogP contribution in [-0.2, 0) is 53.1 Å². The number of hydrogen-bond donors (Lipinski definition) is 4. The van der Waals surface area contributed by atoms with E-state index in [4.69, 9.17) is 5.73 Å². The summed E-state index contributed by atoms with van der Waals surface area (Å²) in [6, 6.07) is -2.52. The van der Waals surface area contributed by atoms with Gasteiger partial charge in [-0.15, -0.1) is 0 Å². The Labute approximate surface area is 152 Å². The van der Waals surface area contributed by atoms with Gasteiger partial charge in [-0.1, -0.05) is 0 Å². The Balaban J connectivity index is 2.82. The molecule has 2 atom stereocenters. The third-order valence-corrected chi connectivity index (χ3v) is 3.49. The van der Waals surface area contributed by atoms with Crippen LogP contribution in [-0.4, -0.2) is 56.6 Å². The van der Waals surface area contributed by atoms with Crippen molar-refractivity contribution >= 4 is 46.8 Å². The van der Waals surface area contributed by atoms with E-state index in [9.17, 15) is 27.6 Å². The second kappa shape index (κ2) is 10.2. The summed E-state index contributed by atoms with van der Waals surface area (Å²) >= 11 is 3.90. The van der Waals surface area contributed by atoms with Crippen LogP contribution < -0.4 is 16.4 Å². The molecule has 1 aliphatic heterocycles. The van der Waals surface area contributed by atoms with Crippen molar-refractivity contribution < 1.29 is 51.1 Å². The lowest BCUT2D eigenvalue weighted by Gasteiger charge is -2.16. The first-order valence-electron chi connectivity index (χ1n) is 6.78. The van der Waals surface area contributed by atoms with Crippen LogP contribution in [0, 0.1) is 0 Å². The molecule has 0 radical (unpaired) electrons. The molecule has 16 heteroatoms. The SMILES string of the molecule is NC1CCC(=O)NC(CS)C(=O)NCC(=O)OOOS(=O)(=O)OOC1=O. The van der Waals surface area contributed by atoms with Gasteiger partial charge in [0.2, 0.25) is 11.8 Å². The number of carbonyl (C=O) groups is 4. The summed E-state index contributed by atoms with van der Waals surface area (Å²) in [5.41, 5.74) is 5.41. The van der Waals surface area contributed by atoms with Crippen molar-refractivity contribution in [1.82, 2.24) is 10.6 Å². The minimum atomic E-state index is -5.04. The van der Waals surface area contributed by atoms with Crippen LogP contribution in [0.5, 0.6) is 0 Å². The fraction of sp³-hybridized carbons (Fsp3) is 0.600. The molecule has 0 spiro atoms. The molecular formula is C10H15N3O11S2. The van der Waals surface area contributed by atoms with Crippen LogP contribution in [0.3, 0.4) is 0 Å². The van der Waals surface area contributed by atoms with Crippen LogP contribution in [0.2, 0.25) is 0 Å². The maximum atomic E-state index is 11.8. The summed E-state index contributed by atoms with van der Waals surface area (Å²) in [5.74, 6) is -4.15. The van der Waals surface area contributed by atoms with Crippen LogP contribution >= 0.6 is 12.6 Å². The van der Waals surface area contributed by atoms with Gasteiger partial charge < -0.3 is 16.4 Å². The minimum absolute atomic E-state index is 0.105. The topological polar surface area (TPSA) is 199 Å². The van der Waals surface area contributed by atoms with Crippen LogP contribution in [0.25, 0.3) is 0 Å². The molecule has 0 bridgehead atoms. The summed E-state index contributed by atoms with van der Waals surface area (Å²) in [4.78, 5) is 54.1. The number of nitrogens with one attached hydrogen (secondary N) is 2. The van der Waals surface area contributed by atoms with E-state index >= 15 is 0 Å². The van der Waals surface area contributed by atoms with E-state index in [0.717, 1.165) is 0 Å². The molecule has 148 valence electrons. The average Bonchev–Trinajstić information content (AvgIpc) is 2.59. The second-order valence-corrected chi connectivity index (χ2v) is 6.09. The summed E-state index contributed by atoms with van der Waals surface area (Å²) < 4.78 is 29.6. The van der Waals surface area contributed by atoms with Gasteiger partial charge in [0.05, 0.1) is 0 Å². The maximum Gasteiger partial charge on any atom is 0.465 e. The maximum absolute atomic E-state index is 11.8. The van der Waals surface area contributed by atoms with Gasteiger partial charge in [-0.05, 0) is 15.1 Å². The summed E-state index contributed by atoms with van der Waals surface area (Å²) in [5, 5.41) is 8.02. The minimum Gasteiger partial charge on any atom is -0.344 e. The van der Waals surface area contributed by atoms with Crippen molar-refractivity contribution in [1.29, 1.82) is 0 Å². The van der Waals surface area contributed by atoms with Crippen molar-refractivity contribution in [3.05, 3.63) is 0 Å². The van der Waals surface area contributed by atoms with Crippen LogP contribution in [0.1, 0.15) is 12.8 Å². The molecule has 1 fully saturated rings. The Morgan fingerprint density at radius 2 is 1.85 bits per heavy atom. The number of hydrogen-bond acceptors (Lipinski definition) is 13. The number of carbonyl (C=O) groups excluding carboxylic acids is 4. The zero-order chi connectivity index (χ0) is 19.7. The van der Waals surface area contributed by atoms with Crippen molar-refractivity contribution in [3.8, 4) is 0 Å². The molecule has 0 aromatic carbocycles. The van der Waals surface area contributed by atoms with Crippen LogP contribution in [0.15, 0.2) is 0 Å². The quantitative estimate of drug-likeness (QED) is 0.246. The molecule has 1 saturated heterocycles. The second-order valence-electron chi connectivity index (χ2n) is 4.64. The van der Waals surface area contributed by atoms with Gasteiger partial charge in [-0.25, -0.2) is 9.59 Å². The Kier molecular flexibility index (Phi) is 8.69. The lowest BCUT2D eigenvalue weighted by atomic mass is 10.1. The monoisotopic (exact) mass is 417 g/mol. The Hall–Kier alpha value is -1.98. The van der Waals surface area contributed by atoms with Gasteiger partial charge in [0, 0.05) is 17.2 Å². The molecule has 14 nitrogen and oxygen atoms in total. The van der Waals surface area contributed by atoms with Gasteiger partial charge in [0.25, 0.3) is 0 Å². The van der Waals surface area contributed by atoms with Crippen LogP contribution in [0.4, 0.5) is 0 Å². The third-order valence-electron chi connectivity index (χ3n) is 2.66. The zero-order valence-corrected chi connectivity index (χ0v) is 14.6. The average molecular weight is 417 g/mol. The highest BCUT2D eigenvalue weighted by Gasteiger charge is 2.26. The summed E-state index contributed by atoms with van der Waals surface area (Å²) in [7, 11) is -5.04. The van der Waals surface area contributed by atoms with Gasteiger partial charge in [-0.2, -0.15) is 21.0 Å². The molecule has 2 amide bonds. The third kappa shape index (κ3) is 7.93. The van der Waals surface area contributed by atoms with E-state index in [2.05, 4.69) is 46.7 Å². The molecular weight excluding hydrogens is 402 g/mol. The van der Waals surface area contributed by atoms with Gasteiger partial charge >= 0.3 is 22.3 Å². The first-order chi connectivity index (χ1) is 12.1. The molecule has 0 aromatic rings. The number of rotatable bonds is 1. The summed E-state index contributed by atoms with van der Waals surface area (Å²) in [6.45, 7) is -0.747. The largest absolute Gasteiger partial charge is 0.465 e. The highest BCUT2D eigenvalue weighted by atomic mass is 32.3. The van der Waals surface area contributed by atoms with E-state index in [1.54, 1.807) is 0 Å². The predicted octanol–water partition coefficient (Wildman–Crippen LogP) is -3.24. The van der Waals surface area contributed by atoms with E-state index in [-0.39, 0.29) is 18.6 Å². The van der Waals surface area contributed by atoms with E-state index in [1.165, 1.54) is 0 Å². The van der Waals surface area contributed by atoms with Crippen molar-refractivity contribution in [2.24, 2.45) is 5.73 Å². The Morgan fingerprint density at radius 3 is 2.50 bits per heavy atom. The molecule has 1 heterocycles. The fourth-order valence-corrected chi connectivity index (χ4v) is 1.94. The van der Waals surface area contributed by atoms with E-state index in [0.29, 0.717) is 0 Å². The standard InChI is InChI=1S/C10H15N3O11S2/c11-5-1-2-7(14)13-6(4-25)9(16)12-3-8(15)20-22-24-26(18,19)23-21-10(5)17/h5-6,25H,1-4,11H2,(H,12,16)(H,13,14). The molecule has 0 aliphatic carbocycles. The smallest absolute Gasteiger partial charge is 0.344 e. The van der Waals surface area contributed by atoms with Gasteiger partial charge in [0.1, 0.15) is 18.6 Å². The normalized spacial score (nSPS) is 26.7. The van der Waals surface area contributed by atoms with Gasteiger partial charge in [0.15, 0.2) is 0 Å². The molecule has 1 aliphatic rings. The first kappa shape index (κ1) is 22.1. The van der Waals surface area contributed by atoms with Crippen molar-refractivity contribution in [3.63, 3.8) is 0 Å². The zero-order valence-electron chi connectivity index (χ0n) is 12.9. The Bertz CT molecular complexity index is 653. The molecule has 2 unspecified atom stereocenters. The highest BCUT2D eigenvalue weighted by molar-refractivity contribution is 7.81. The van der Waals surface area contributed by atoms with Crippen molar-refractivity contribution in [2.75, 3.05) is 12.3 Å². The summed E-state index contributed by atoms with van der Waals surface area (Å²) in [6.07, 6.45) is -0.559. The Morgan fingerprint density at radius 1 is 1.15 bits per heavy atom. The number of amides is 2. The number of nitrogens with two attached hydrogens (primary N) is 1. The first-order valence-corrected chi connectivity index (χ1v) is 8.75. The molecule has 0 aromatic heterocycles. The molecule has 26 heavy (non-hydrogen) atoms. The number of thiol groups is 1. The molecule has 1 rings (SSSR count). The van der Waals surface area contributed by atoms with E-state index in [1.807, 2.05) is 0 Å². The lowest BCUT2D eigenvalue weighted by Crippen LogP contribution is -2.49. The molecule has 0 saturated carbocycles. The molecule has 4 N–H and O–H groups in total. The van der Waals surface area contributed by atoms with Gasteiger partial charge in [-0.3, -0.25) is 19.4 Å². The fourth-order valence-electron chi connectivity index (χ4n) is 1.41. The highest BCUT2D eigenvalue weighted by Crippen LogP contribution is 2.04. The van der Waals surface area contributed by atoms with E-state index < -0.39 is 52.8 Å². The lowest BCUT2D eigenvalue weighted by molar-refractivity contribution is -0.441. The predicted molar refractivity (Wildman–Crippen MR) is 80.4 cm³/mol. The van der Waals surface area contributed by atoms with Crippen molar-refractivity contribution in [2.45, 2.75) is 24.9 Å².